The van der Waals surface area contributed by atoms with Crippen LogP contribution in [0.15, 0.2) is 29.2 Å². The summed E-state index contributed by atoms with van der Waals surface area (Å²) in [7, 11) is -0.855. The standard InChI is InChI=1S/C17H29NOS/c1-5-12-18-15(4)7-6-13-20(19)17-10-8-16(9-11-17)14(2)3/h8-11,14-15,18H,5-7,12-13H2,1-4H3. The molecule has 0 aliphatic heterocycles. The van der Waals surface area contributed by atoms with E-state index in [2.05, 4.69) is 45.1 Å². The second-order valence-electron chi connectivity index (χ2n) is 5.77. The van der Waals surface area contributed by atoms with Crippen molar-refractivity contribution in [1.29, 1.82) is 0 Å². The molecule has 1 N–H and O–H groups in total. The van der Waals surface area contributed by atoms with Gasteiger partial charge >= 0.3 is 0 Å². The SMILES string of the molecule is CCCNC(C)CCCS(=O)c1ccc(C(C)C)cc1. The minimum Gasteiger partial charge on any atom is -0.314 e. The number of hydrogen-bond donors (Lipinski definition) is 1. The lowest BCUT2D eigenvalue weighted by Gasteiger charge is -2.12. The van der Waals surface area contributed by atoms with Crippen LogP contribution < -0.4 is 5.32 Å². The van der Waals surface area contributed by atoms with E-state index in [4.69, 9.17) is 0 Å². The van der Waals surface area contributed by atoms with Gasteiger partial charge in [0.05, 0.1) is 10.8 Å². The van der Waals surface area contributed by atoms with Gasteiger partial charge in [0, 0.05) is 16.7 Å². The fourth-order valence-corrected chi connectivity index (χ4v) is 3.24. The van der Waals surface area contributed by atoms with Crippen molar-refractivity contribution in [2.75, 3.05) is 12.3 Å². The summed E-state index contributed by atoms with van der Waals surface area (Å²) in [5.74, 6) is 1.29. The van der Waals surface area contributed by atoms with Crippen molar-refractivity contribution in [2.24, 2.45) is 0 Å². The van der Waals surface area contributed by atoms with E-state index in [-0.39, 0.29) is 0 Å². The van der Waals surface area contributed by atoms with Crippen LogP contribution in [0.5, 0.6) is 0 Å². The van der Waals surface area contributed by atoms with Crippen LogP contribution in [0.2, 0.25) is 0 Å². The Morgan fingerprint density at radius 1 is 1.15 bits per heavy atom. The highest BCUT2D eigenvalue weighted by molar-refractivity contribution is 7.85. The average Bonchev–Trinajstić information content (AvgIpc) is 2.45. The molecule has 2 unspecified atom stereocenters. The molecule has 1 aromatic rings. The van der Waals surface area contributed by atoms with Crippen LogP contribution in [0.1, 0.15) is 58.4 Å². The largest absolute Gasteiger partial charge is 0.314 e. The minimum atomic E-state index is -0.855. The smallest absolute Gasteiger partial charge is 0.0529 e. The van der Waals surface area contributed by atoms with Gasteiger partial charge in [-0.3, -0.25) is 4.21 Å². The van der Waals surface area contributed by atoms with E-state index in [1.165, 1.54) is 12.0 Å². The highest BCUT2D eigenvalue weighted by atomic mass is 32.2. The van der Waals surface area contributed by atoms with Gasteiger partial charge in [0.2, 0.25) is 0 Å². The Morgan fingerprint density at radius 3 is 2.35 bits per heavy atom. The molecule has 0 aliphatic rings. The first-order chi connectivity index (χ1) is 9.54. The van der Waals surface area contributed by atoms with E-state index in [1.54, 1.807) is 0 Å². The fraction of sp³-hybridized carbons (Fsp3) is 0.647. The number of nitrogens with one attached hydrogen (secondary N) is 1. The van der Waals surface area contributed by atoms with E-state index in [9.17, 15) is 4.21 Å². The first-order valence-corrected chi connectivity index (χ1v) is 9.08. The lowest BCUT2D eigenvalue weighted by Crippen LogP contribution is -2.26. The normalized spacial score (nSPS) is 14.4. The molecule has 0 radical (unpaired) electrons. The monoisotopic (exact) mass is 295 g/mol. The molecule has 0 aromatic heterocycles. The maximum absolute atomic E-state index is 12.2. The van der Waals surface area contributed by atoms with Gasteiger partial charge in [-0.25, -0.2) is 0 Å². The van der Waals surface area contributed by atoms with Crippen LogP contribution in [0.4, 0.5) is 0 Å². The van der Waals surface area contributed by atoms with Crippen LogP contribution in [-0.2, 0) is 10.8 Å². The zero-order chi connectivity index (χ0) is 15.0. The second kappa shape index (κ2) is 9.30. The summed E-state index contributed by atoms with van der Waals surface area (Å²) in [6, 6.07) is 8.76. The van der Waals surface area contributed by atoms with Crippen LogP contribution >= 0.6 is 0 Å². The van der Waals surface area contributed by atoms with Crippen LogP contribution in [0, 0.1) is 0 Å². The Balaban J connectivity index is 2.35. The van der Waals surface area contributed by atoms with Crippen molar-refractivity contribution in [1.82, 2.24) is 5.32 Å². The fourth-order valence-electron chi connectivity index (χ4n) is 2.14. The van der Waals surface area contributed by atoms with E-state index < -0.39 is 10.8 Å². The summed E-state index contributed by atoms with van der Waals surface area (Å²) in [4.78, 5) is 0.962. The van der Waals surface area contributed by atoms with Crippen LogP contribution in [-0.4, -0.2) is 22.5 Å². The topological polar surface area (TPSA) is 29.1 Å². The number of benzene rings is 1. The molecule has 114 valence electrons. The highest BCUT2D eigenvalue weighted by Crippen LogP contribution is 2.17. The van der Waals surface area contributed by atoms with E-state index in [0.29, 0.717) is 12.0 Å². The minimum absolute atomic E-state index is 0.523. The Kier molecular flexibility index (Phi) is 8.08. The first kappa shape index (κ1) is 17.4. The highest BCUT2D eigenvalue weighted by Gasteiger charge is 2.07. The summed E-state index contributed by atoms with van der Waals surface area (Å²) in [6.07, 6.45) is 3.27. The summed E-state index contributed by atoms with van der Waals surface area (Å²) in [5, 5.41) is 3.47. The van der Waals surface area contributed by atoms with Crippen molar-refractivity contribution in [3.8, 4) is 0 Å². The van der Waals surface area contributed by atoms with Crippen molar-refractivity contribution < 1.29 is 4.21 Å². The molecule has 0 amide bonds. The van der Waals surface area contributed by atoms with E-state index in [0.717, 1.165) is 30.0 Å². The molecule has 0 spiro atoms. The number of rotatable bonds is 9. The van der Waals surface area contributed by atoms with Gasteiger partial charge in [-0.15, -0.1) is 0 Å². The Labute approximate surface area is 126 Å². The predicted molar refractivity (Wildman–Crippen MR) is 88.8 cm³/mol. The molecule has 0 heterocycles. The van der Waals surface area contributed by atoms with Gasteiger partial charge in [-0.1, -0.05) is 32.9 Å². The zero-order valence-corrected chi connectivity index (χ0v) is 14.1. The van der Waals surface area contributed by atoms with Crippen LogP contribution in [0.25, 0.3) is 0 Å². The molecular formula is C17H29NOS. The molecule has 2 nitrogen and oxygen atoms in total. The lowest BCUT2D eigenvalue weighted by atomic mass is 10.0. The summed E-state index contributed by atoms with van der Waals surface area (Å²) < 4.78 is 12.2. The second-order valence-corrected chi connectivity index (χ2v) is 7.34. The maximum Gasteiger partial charge on any atom is 0.0529 e. The zero-order valence-electron chi connectivity index (χ0n) is 13.3. The van der Waals surface area contributed by atoms with Gasteiger partial charge < -0.3 is 5.32 Å². The third-order valence-electron chi connectivity index (χ3n) is 3.52. The molecule has 2 atom stereocenters. The molecule has 0 bridgehead atoms. The van der Waals surface area contributed by atoms with Crippen molar-refractivity contribution in [2.45, 2.75) is 63.8 Å². The number of hydrogen-bond acceptors (Lipinski definition) is 2. The molecule has 0 saturated carbocycles. The third-order valence-corrected chi connectivity index (χ3v) is 4.98. The molecule has 20 heavy (non-hydrogen) atoms. The van der Waals surface area contributed by atoms with Crippen molar-refractivity contribution in [3.05, 3.63) is 29.8 Å². The molecule has 1 aromatic carbocycles. The van der Waals surface area contributed by atoms with Gasteiger partial charge in [-0.2, -0.15) is 0 Å². The average molecular weight is 295 g/mol. The molecule has 3 heteroatoms. The van der Waals surface area contributed by atoms with Crippen molar-refractivity contribution >= 4 is 10.8 Å². The molecule has 0 fully saturated rings. The third kappa shape index (κ3) is 6.19. The quantitative estimate of drug-likeness (QED) is 0.743. The maximum atomic E-state index is 12.2. The van der Waals surface area contributed by atoms with Gasteiger partial charge in [0.1, 0.15) is 0 Å². The Morgan fingerprint density at radius 2 is 1.80 bits per heavy atom. The molecule has 0 saturated heterocycles. The van der Waals surface area contributed by atoms with Crippen molar-refractivity contribution in [3.63, 3.8) is 0 Å². The van der Waals surface area contributed by atoms with E-state index in [1.807, 2.05) is 12.1 Å². The first-order valence-electron chi connectivity index (χ1n) is 7.76. The van der Waals surface area contributed by atoms with Crippen LogP contribution in [0.3, 0.4) is 0 Å². The summed E-state index contributed by atoms with van der Waals surface area (Å²) in [5.41, 5.74) is 1.31. The lowest BCUT2D eigenvalue weighted by molar-refractivity contribution is 0.509. The van der Waals surface area contributed by atoms with Gasteiger partial charge in [-0.05, 0) is 56.3 Å². The van der Waals surface area contributed by atoms with E-state index >= 15 is 0 Å². The summed E-state index contributed by atoms with van der Waals surface area (Å²) in [6.45, 7) is 9.81. The molecule has 0 aliphatic carbocycles. The molecular weight excluding hydrogens is 266 g/mol. The Hall–Kier alpha value is -0.670. The van der Waals surface area contributed by atoms with Gasteiger partial charge in [0.15, 0.2) is 0 Å². The Bertz CT molecular complexity index is 400. The molecule has 1 rings (SSSR count). The van der Waals surface area contributed by atoms with Gasteiger partial charge in [0.25, 0.3) is 0 Å². The predicted octanol–water partition coefficient (Wildman–Crippen LogP) is 4.09. The summed E-state index contributed by atoms with van der Waals surface area (Å²) >= 11 is 0.